The van der Waals surface area contributed by atoms with Crippen molar-refractivity contribution in [3.05, 3.63) is 68.8 Å². The molecule has 1 unspecified atom stereocenters. The average molecular weight is 382 g/mol. The number of amides is 1. The number of fused-ring (bicyclic) bond motifs is 1. The maximum atomic E-state index is 11.4. The first-order chi connectivity index (χ1) is 13.3. The molecule has 2 aromatic carbocycles. The van der Waals surface area contributed by atoms with Gasteiger partial charge in [-0.15, -0.1) is 0 Å². The van der Waals surface area contributed by atoms with Crippen molar-refractivity contribution in [2.24, 2.45) is 11.7 Å². The molecule has 0 saturated heterocycles. The van der Waals surface area contributed by atoms with Crippen LogP contribution in [0.3, 0.4) is 0 Å². The quantitative estimate of drug-likeness (QED) is 0.562. The number of nitro benzene ring substituents is 1. The van der Waals surface area contributed by atoms with Crippen LogP contribution in [0.1, 0.15) is 47.8 Å². The number of anilines is 1. The summed E-state index contributed by atoms with van der Waals surface area (Å²) in [6.07, 6.45) is 0. The van der Waals surface area contributed by atoms with Crippen molar-refractivity contribution in [1.82, 2.24) is 4.90 Å². The molecule has 0 aromatic heterocycles. The van der Waals surface area contributed by atoms with Crippen LogP contribution in [0.15, 0.2) is 36.4 Å². The summed E-state index contributed by atoms with van der Waals surface area (Å²) < 4.78 is 0. The largest absolute Gasteiger partial charge is 0.380 e. The lowest BCUT2D eigenvalue weighted by Crippen LogP contribution is -2.32. The number of carbonyl (C=O) groups excluding carboxylic acids is 1. The molecule has 1 amide bonds. The minimum atomic E-state index is -0.678. The van der Waals surface area contributed by atoms with Crippen molar-refractivity contribution < 1.29 is 9.72 Å². The second-order valence-corrected chi connectivity index (χ2v) is 7.65. The van der Waals surface area contributed by atoms with E-state index in [0.29, 0.717) is 24.1 Å². The Labute approximate surface area is 164 Å². The van der Waals surface area contributed by atoms with Crippen LogP contribution in [0.25, 0.3) is 0 Å². The van der Waals surface area contributed by atoms with Crippen LogP contribution in [0.5, 0.6) is 0 Å². The molecule has 0 bridgehead atoms. The molecule has 0 aliphatic carbocycles. The summed E-state index contributed by atoms with van der Waals surface area (Å²) in [5.41, 5.74) is 9.30. The molecule has 7 heteroatoms. The van der Waals surface area contributed by atoms with Crippen LogP contribution >= 0.6 is 0 Å². The topological polar surface area (TPSA) is 102 Å². The smallest absolute Gasteiger partial charge is 0.275 e. The molecule has 3 rings (SSSR count). The molecule has 28 heavy (non-hydrogen) atoms. The van der Waals surface area contributed by atoms with Gasteiger partial charge < -0.3 is 11.1 Å². The lowest BCUT2D eigenvalue weighted by Gasteiger charge is -2.27. The van der Waals surface area contributed by atoms with Crippen LogP contribution < -0.4 is 11.1 Å². The second-order valence-electron chi connectivity index (χ2n) is 7.65. The maximum Gasteiger partial charge on any atom is 0.275 e. The van der Waals surface area contributed by atoms with E-state index in [9.17, 15) is 14.9 Å². The molecular weight excluding hydrogens is 356 g/mol. The summed E-state index contributed by atoms with van der Waals surface area (Å²) in [4.78, 5) is 24.7. The molecule has 3 N–H and O–H groups in total. The van der Waals surface area contributed by atoms with Gasteiger partial charge in [-0.1, -0.05) is 26.0 Å². The van der Waals surface area contributed by atoms with E-state index in [1.165, 1.54) is 23.3 Å². The number of carbonyl (C=O) groups is 1. The monoisotopic (exact) mass is 382 g/mol. The van der Waals surface area contributed by atoms with Gasteiger partial charge in [0, 0.05) is 48.6 Å². The highest BCUT2D eigenvalue weighted by molar-refractivity contribution is 5.93. The first kappa shape index (κ1) is 19.8. The third-order valence-electron chi connectivity index (χ3n) is 5.58. The minimum Gasteiger partial charge on any atom is -0.380 e. The standard InChI is InChI=1S/C21H26N4O3/c1-13(2)14(3)24-11-17-5-4-6-19(18(17)12-24)23-10-16-8-7-15(21(22)26)9-20(16)25(27)28/h4-9,13-14,23H,10-12H2,1-3H3,(H2,22,26). The number of primary amides is 1. The zero-order chi connectivity index (χ0) is 20.4. The SMILES string of the molecule is CC(C)C(C)N1Cc2cccc(NCc3ccc(C(N)=O)cc3[N+](=O)[O-])c2C1. The Morgan fingerprint density at radius 1 is 1.25 bits per heavy atom. The van der Waals surface area contributed by atoms with Crippen molar-refractivity contribution >= 4 is 17.3 Å². The van der Waals surface area contributed by atoms with Crippen LogP contribution in [-0.2, 0) is 19.6 Å². The Kier molecular flexibility index (Phi) is 5.65. The lowest BCUT2D eigenvalue weighted by atomic mass is 10.1. The zero-order valence-electron chi connectivity index (χ0n) is 16.4. The number of nitrogens with zero attached hydrogens (tertiary/aromatic N) is 2. The summed E-state index contributed by atoms with van der Waals surface area (Å²) >= 11 is 0. The lowest BCUT2D eigenvalue weighted by molar-refractivity contribution is -0.385. The van der Waals surface area contributed by atoms with E-state index >= 15 is 0 Å². The highest BCUT2D eigenvalue weighted by Gasteiger charge is 2.26. The summed E-state index contributed by atoms with van der Waals surface area (Å²) in [6, 6.07) is 11.0. The summed E-state index contributed by atoms with van der Waals surface area (Å²) in [7, 11) is 0. The van der Waals surface area contributed by atoms with E-state index in [1.807, 2.05) is 12.1 Å². The van der Waals surface area contributed by atoms with E-state index in [0.717, 1.165) is 18.8 Å². The predicted molar refractivity (Wildman–Crippen MR) is 109 cm³/mol. The molecule has 1 atom stereocenters. The number of benzene rings is 2. The van der Waals surface area contributed by atoms with Gasteiger partial charge in [0.05, 0.1) is 4.92 Å². The van der Waals surface area contributed by atoms with Crippen molar-refractivity contribution in [3.8, 4) is 0 Å². The Balaban J connectivity index is 1.80. The van der Waals surface area contributed by atoms with Crippen LogP contribution in [0, 0.1) is 16.0 Å². The number of nitrogens with one attached hydrogen (secondary N) is 1. The summed E-state index contributed by atoms with van der Waals surface area (Å²) in [5.74, 6) is -0.111. The average Bonchev–Trinajstić information content (AvgIpc) is 3.10. The molecule has 0 spiro atoms. The fourth-order valence-corrected chi connectivity index (χ4v) is 3.55. The van der Waals surface area contributed by atoms with Gasteiger partial charge in [0.15, 0.2) is 0 Å². The van der Waals surface area contributed by atoms with Gasteiger partial charge in [0.2, 0.25) is 5.91 Å². The Bertz CT molecular complexity index is 911. The maximum absolute atomic E-state index is 11.4. The molecule has 7 nitrogen and oxygen atoms in total. The Morgan fingerprint density at radius 2 is 2.00 bits per heavy atom. The van der Waals surface area contributed by atoms with Gasteiger partial charge >= 0.3 is 0 Å². The molecule has 0 radical (unpaired) electrons. The molecular formula is C21H26N4O3. The van der Waals surface area contributed by atoms with Crippen molar-refractivity contribution in [2.45, 2.75) is 46.4 Å². The number of hydrogen-bond donors (Lipinski definition) is 2. The van der Waals surface area contributed by atoms with E-state index in [4.69, 9.17) is 5.73 Å². The predicted octanol–water partition coefficient (Wildman–Crippen LogP) is 3.67. The minimum absolute atomic E-state index is 0.105. The van der Waals surface area contributed by atoms with Crippen LogP contribution in [-0.4, -0.2) is 21.8 Å². The van der Waals surface area contributed by atoms with Gasteiger partial charge in [-0.3, -0.25) is 19.8 Å². The van der Waals surface area contributed by atoms with Gasteiger partial charge in [-0.2, -0.15) is 0 Å². The molecule has 148 valence electrons. The number of nitrogens with two attached hydrogens (primary N) is 1. The molecule has 0 fully saturated rings. The Morgan fingerprint density at radius 3 is 2.64 bits per heavy atom. The van der Waals surface area contributed by atoms with E-state index in [-0.39, 0.29) is 11.3 Å². The third-order valence-corrected chi connectivity index (χ3v) is 5.58. The number of hydrogen-bond acceptors (Lipinski definition) is 5. The van der Waals surface area contributed by atoms with Crippen molar-refractivity contribution in [1.29, 1.82) is 0 Å². The molecule has 0 saturated carbocycles. The first-order valence-electron chi connectivity index (χ1n) is 9.43. The van der Waals surface area contributed by atoms with E-state index in [1.54, 1.807) is 6.07 Å². The van der Waals surface area contributed by atoms with Gasteiger partial charge in [0.25, 0.3) is 5.69 Å². The van der Waals surface area contributed by atoms with E-state index in [2.05, 4.69) is 37.1 Å². The normalized spacial score (nSPS) is 14.7. The summed E-state index contributed by atoms with van der Waals surface area (Å²) in [6.45, 7) is 8.76. The molecule has 1 aliphatic rings. The second kappa shape index (κ2) is 7.98. The summed E-state index contributed by atoms with van der Waals surface area (Å²) in [5, 5.41) is 14.7. The Hall–Kier alpha value is -2.93. The van der Waals surface area contributed by atoms with Gasteiger partial charge in [0.1, 0.15) is 0 Å². The molecule has 1 aliphatic heterocycles. The van der Waals surface area contributed by atoms with Crippen LogP contribution in [0.2, 0.25) is 0 Å². The van der Waals surface area contributed by atoms with Crippen LogP contribution in [0.4, 0.5) is 11.4 Å². The van der Waals surface area contributed by atoms with Crippen molar-refractivity contribution in [3.63, 3.8) is 0 Å². The first-order valence-corrected chi connectivity index (χ1v) is 9.43. The van der Waals surface area contributed by atoms with Crippen molar-refractivity contribution in [2.75, 3.05) is 5.32 Å². The third kappa shape index (κ3) is 3.99. The van der Waals surface area contributed by atoms with Gasteiger partial charge in [-0.25, -0.2) is 0 Å². The van der Waals surface area contributed by atoms with Gasteiger partial charge in [-0.05, 0) is 42.2 Å². The zero-order valence-corrected chi connectivity index (χ0v) is 16.4. The fraction of sp³-hybridized carbons (Fsp3) is 0.381. The molecule has 1 heterocycles. The highest BCUT2D eigenvalue weighted by atomic mass is 16.6. The highest BCUT2D eigenvalue weighted by Crippen LogP contribution is 2.32. The number of nitro groups is 1. The fourth-order valence-electron chi connectivity index (χ4n) is 3.55. The van der Waals surface area contributed by atoms with E-state index < -0.39 is 10.8 Å². The number of rotatable bonds is 7. The molecule has 2 aromatic rings.